The second-order valence-corrected chi connectivity index (χ2v) is 15.6. The molecule has 7 heterocycles. The molecule has 0 radical (unpaired) electrons. The van der Waals surface area contributed by atoms with Gasteiger partial charge in [-0.1, -0.05) is 6.07 Å². The summed E-state index contributed by atoms with van der Waals surface area (Å²) in [5, 5.41) is 8.50. The Kier molecular flexibility index (Phi) is 6.98. The molecule has 5 saturated heterocycles. The van der Waals surface area contributed by atoms with Gasteiger partial charge < -0.3 is 20.1 Å². The molecule has 4 atom stereocenters. The Hall–Kier alpha value is -4.08. The van der Waals surface area contributed by atoms with E-state index in [1.54, 1.807) is 6.07 Å². The number of nitrogens with two attached hydrogens (primary N) is 1. The number of halogens is 9. The van der Waals surface area contributed by atoms with Crippen LogP contribution in [0, 0.1) is 22.6 Å². The largest absolute Gasteiger partial charge is 0.461 e. The number of anilines is 2. The molecular formula is C34H27F9N6O2S. The van der Waals surface area contributed by atoms with Crippen LogP contribution in [0.3, 0.4) is 0 Å². The van der Waals surface area contributed by atoms with Crippen LogP contribution in [0.15, 0.2) is 18.2 Å². The number of piperidine rings is 1. The predicted molar refractivity (Wildman–Crippen MR) is 171 cm³/mol. The first-order valence-electron chi connectivity index (χ1n) is 16.5. The summed E-state index contributed by atoms with van der Waals surface area (Å²) in [6.45, 7) is 0.709. The number of hydrogen-bond donors (Lipinski definition) is 1. The number of thiophene rings is 1. The molecule has 2 N–H and O–H groups in total. The Morgan fingerprint density at radius 3 is 2.42 bits per heavy atom. The molecule has 18 heteroatoms. The summed E-state index contributed by atoms with van der Waals surface area (Å²) in [6, 6.07) is 3.17. The molecule has 274 valence electrons. The lowest BCUT2D eigenvalue weighted by Crippen LogP contribution is -2.57. The van der Waals surface area contributed by atoms with Crippen LogP contribution in [0.5, 0.6) is 6.01 Å². The van der Waals surface area contributed by atoms with Crippen molar-refractivity contribution in [2.24, 2.45) is 5.41 Å². The zero-order chi connectivity index (χ0) is 36.7. The highest BCUT2D eigenvalue weighted by Crippen LogP contribution is 2.69. The molecule has 52 heavy (non-hydrogen) atoms. The number of rotatable bonds is 5. The van der Waals surface area contributed by atoms with E-state index in [4.69, 9.17) is 15.2 Å². The summed E-state index contributed by atoms with van der Waals surface area (Å²) < 4.78 is 147. The van der Waals surface area contributed by atoms with Crippen molar-refractivity contribution in [3.63, 3.8) is 0 Å². The monoisotopic (exact) mass is 754 g/mol. The minimum atomic E-state index is -5.49. The Bertz CT molecular complexity index is 2220. The van der Waals surface area contributed by atoms with E-state index in [-0.39, 0.29) is 66.8 Å². The number of aromatic nitrogens is 2. The molecule has 4 aromatic rings. The van der Waals surface area contributed by atoms with Crippen molar-refractivity contribution in [3.8, 4) is 23.2 Å². The van der Waals surface area contributed by atoms with Crippen LogP contribution in [-0.4, -0.2) is 71.3 Å². The van der Waals surface area contributed by atoms with Crippen LogP contribution in [0.2, 0.25) is 0 Å². The van der Waals surface area contributed by atoms with Crippen molar-refractivity contribution < 1.29 is 49.0 Å². The van der Waals surface area contributed by atoms with Gasteiger partial charge in [0.2, 0.25) is 0 Å². The maximum atomic E-state index is 15.5. The lowest BCUT2D eigenvalue weighted by molar-refractivity contribution is -0.141. The zero-order valence-electron chi connectivity index (χ0n) is 26.9. The smallest absolute Gasteiger partial charge is 0.419 e. The molecule has 6 fully saturated rings. The van der Waals surface area contributed by atoms with Crippen LogP contribution < -0.4 is 15.4 Å². The number of nitrogens with zero attached hydrogens (tertiary/aromatic N) is 5. The van der Waals surface area contributed by atoms with Crippen LogP contribution in [0.1, 0.15) is 48.8 Å². The Labute approximate surface area is 292 Å². The van der Waals surface area contributed by atoms with Gasteiger partial charge in [0.05, 0.1) is 50.1 Å². The van der Waals surface area contributed by atoms with Gasteiger partial charge in [-0.2, -0.15) is 41.6 Å². The minimum absolute atomic E-state index is 0.110. The Morgan fingerprint density at radius 2 is 1.79 bits per heavy atom. The van der Waals surface area contributed by atoms with Gasteiger partial charge in [-0.25, -0.2) is 13.2 Å². The number of benzene rings is 2. The third kappa shape index (κ3) is 4.87. The fourth-order valence-electron chi connectivity index (χ4n) is 9.00. The number of morpholine rings is 1. The van der Waals surface area contributed by atoms with E-state index < -0.39 is 85.2 Å². The van der Waals surface area contributed by atoms with E-state index in [1.165, 1.54) is 4.90 Å². The van der Waals surface area contributed by atoms with E-state index in [0.29, 0.717) is 43.2 Å². The maximum Gasteiger partial charge on any atom is 0.419 e. The van der Waals surface area contributed by atoms with E-state index in [0.717, 1.165) is 12.1 Å². The number of ether oxygens (including phenoxy) is 2. The fourth-order valence-corrected chi connectivity index (χ4v) is 9.95. The summed E-state index contributed by atoms with van der Waals surface area (Å²) >= 11 is 0.529. The summed E-state index contributed by atoms with van der Waals surface area (Å²) in [7, 11) is 0. The molecule has 2 bridgehead atoms. The lowest BCUT2D eigenvalue weighted by Gasteiger charge is -2.47. The second kappa shape index (κ2) is 10.8. The molecule has 0 amide bonds. The Morgan fingerprint density at radius 1 is 1.08 bits per heavy atom. The average molecular weight is 755 g/mol. The average Bonchev–Trinajstić information content (AvgIpc) is 3.39. The SMILES string of the molecule is N#Cc1c(N)sc2c(F)ccc(-c3c(C(F)(F)F)cc4c(N5CC6CC(C5)O6)nc(OC[C@@]56CCCN5C[C@@]5(CC5(F)F)C6)nc4c3C(F)(F)F)c12. The van der Waals surface area contributed by atoms with Gasteiger partial charge in [-0.3, -0.25) is 4.90 Å². The molecule has 2 aromatic heterocycles. The first kappa shape index (κ1) is 33.7. The third-order valence-corrected chi connectivity index (χ3v) is 12.4. The van der Waals surface area contributed by atoms with E-state index in [1.807, 2.05) is 4.90 Å². The van der Waals surface area contributed by atoms with Gasteiger partial charge in [0.1, 0.15) is 29.3 Å². The van der Waals surface area contributed by atoms with Crippen molar-refractivity contribution in [3.05, 3.63) is 40.7 Å². The molecule has 2 unspecified atom stereocenters. The number of nitriles is 1. The molecule has 1 saturated carbocycles. The van der Waals surface area contributed by atoms with Crippen molar-refractivity contribution >= 4 is 43.1 Å². The van der Waals surface area contributed by atoms with E-state index in [2.05, 4.69) is 9.97 Å². The van der Waals surface area contributed by atoms with Gasteiger partial charge in [-0.05, 0) is 43.5 Å². The number of nitrogen functional groups attached to an aromatic ring is 1. The lowest BCUT2D eigenvalue weighted by atomic mass is 9.88. The molecule has 6 aliphatic rings. The standard InChI is InChI=1S/C34H27F9N6O2S/c35-21-3-2-17(22-19(8-44)27(45)52-26(21)22)23-20(33(38,39)40)7-18-25(24(23)34(41,42)43)46-29(47-28(18)48-9-15-6-16(10-48)51-15)50-14-31-4-1-5-49(31)13-30(11-31)12-32(30,36)37/h2-3,7,15-16H,1,4-6,9-14,45H2/t15?,16?,30-,31-/m0/s1. The number of fused-ring (bicyclic) bond motifs is 5. The van der Waals surface area contributed by atoms with Gasteiger partial charge >= 0.3 is 18.4 Å². The summed E-state index contributed by atoms with van der Waals surface area (Å²) in [4.78, 5) is 12.0. The second-order valence-electron chi connectivity index (χ2n) is 14.5. The number of alkyl halides is 8. The summed E-state index contributed by atoms with van der Waals surface area (Å²) in [5.41, 5.74) is -3.09. The molecule has 2 aromatic carbocycles. The van der Waals surface area contributed by atoms with Crippen molar-refractivity contribution in [2.75, 3.05) is 43.4 Å². The Balaban J connectivity index is 1.28. The van der Waals surface area contributed by atoms with Gasteiger partial charge in [0, 0.05) is 48.8 Å². The highest BCUT2D eigenvalue weighted by Gasteiger charge is 2.77. The normalized spacial score (nSPS) is 28.0. The van der Waals surface area contributed by atoms with Crippen LogP contribution in [0.25, 0.3) is 32.1 Å². The summed E-state index contributed by atoms with van der Waals surface area (Å²) in [5.74, 6) is -4.06. The van der Waals surface area contributed by atoms with Crippen molar-refractivity contribution in [2.45, 2.75) is 68.1 Å². The molecule has 1 spiro atoms. The minimum Gasteiger partial charge on any atom is -0.461 e. The number of hydrogen-bond acceptors (Lipinski definition) is 9. The molecule has 10 rings (SSSR count). The molecule has 5 aliphatic heterocycles. The van der Waals surface area contributed by atoms with Crippen LogP contribution in [-0.2, 0) is 17.1 Å². The first-order chi connectivity index (χ1) is 24.4. The van der Waals surface area contributed by atoms with Crippen LogP contribution >= 0.6 is 11.3 Å². The summed E-state index contributed by atoms with van der Waals surface area (Å²) in [6.07, 6.45) is -9.83. The van der Waals surface area contributed by atoms with Crippen molar-refractivity contribution in [1.82, 2.24) is 14.9 Å². The van der Waals surface area contributed by atoms with E-state index in [9.17, 15) is 18.4 Å². The fraction of sp³-hybridized carbons (Fsp3) is 0.500. The predicted octanol–water partition coefficient (Wildman–Crippen LogP) is 7.76. The van der Waals surface area contributed by atoms with E-state index >= 15 is 26.3 Å². The molecule has 1 aliphatic carbocycles. The highest BCUT2D eigenvalue weighted by atomic mass is 32.1. The van der Waals surface area contributed by atoms with Gasteiger partial charge in [0.15, 0.2) is 0 Å². The van der Waals surface area contributed by atoms with Crippen LogP contribution in [0.4, 0.5) is 50.3 Å². The first-order valence-corrected chi connectivity index (χ1v) is 17.4. The maximum absolute atomic E-state index is 15.5. The zero-order valence-corrected chi connectivity index (χ0v) is 27.7. The third-order valence-electron chi connectivity index (χ3n) is 11.4. The molecular weight excluding hydrogens is 727 g/mol. The highest BCUT2D eigenvalue weighted by molar-refractivity contribution is 7.23. The van der Waals surface area contributed by atoms with Crippen molar-refractivity contribution in [1.29, 1.82) is 5.26 Å². The van der Waals surface area contributed by atoms with Gasteiger partial charge in [-0.15, -0.1) is 11.3 Å². The topological polar surface area (TPSA) is 101 Å². The van der Waals surface area contributed by atoms with Gasteiger partial charge in [0.25, 0.3) is 5.92 Å². The quantitative estimate of drug-likeness (QED) is 0.207. The molecule has 8 nitrogen and oxygen atoms in total.